The van der Waals surface area contributed by atoms with Crippen molar-refractivity contribution in [3.63, 3.8) is 0 Å². The lowest BCUT2D eigenvalue weighted by molar-refractivity contribution is -0.142. The van der Waals surface area contributed by atoms with Gasteiger partial charge in [0, 0.05) is 0 Å². The molecular formula is C20H22O4. The first kappa shape index (κ1) is 17.7. The lowest BCUT2D eigenvalue weighted by Crippen LogP contribution is -2.10. The Hall–Kier alpha value is -2.62. The van der Waals surface area contributed by atoms with E-state index >= 15 is 0 Å². The standard InChI is InChI=1S/C20H22O4/c1-14(20(22)24-3)16-10-8-15(9-11-16)12-17-6-4-5-7-18(17)13-19(21)23-2/h4-11,14H,12-13H2,1-3H3. The van der Waals surface area contributed by atoms with Crippen LogP contribution in [0, 0.1) is 0 Å². The Morgan fingerprint density at radius 1 is 0.917 bits per heavy atom. The highest BCUT2D eigenvalue weighted by Crippen LogP contribution is 2.20. The van der Waals surface area contributed by atoms with Gasteiger partial charge < -0.3 is 9.47 Å². The Labute approximate surface area is 142 Å². The fourth-order valence-electron chi connectivity index (χ4n) is 2.59. The van der Waals surface area contributed by atoms with E-state index in [2.05, 4.69) is 0 Å². The number of hydrogen-bond donors (Lipinski definition) is 0. The summed E-state index contributed by atoms with van der Waals surface area (Å²) in [5.74, 6) is -0.772. The molecule has 0 aromatic heterocycles. The summed E-state index contributed by atoms with van der Waals surface area (Å²) in [5, 5.41) is 0. The summed E-state index contributed by atoms with van der Waals surface area (Å²) in [5.41, 5.74) is 4.11. The number of hydrogen-bond acceptors (Lipinski definition) is 4. The lowest BCUT2D eigenvalue weighted by Gasteiger charge is -2.12. The number of rotatable bonds is 6. The number of methoxy groups -OCH3 is 2. The van der Waals surface area contributed by atoms with Crippen molar-refractivity contribution in [2.75, 3.05) is 14.2 Å². The van der Waals surface area contributed by atoms with Crippen molar-refractivity contribution in [3.8, 4) is 0 Å². The van der Waals surface area contributed by atoms with Gasteiger partial charge in [0.25, 0.3) is 0 Å². The van der Waals surface area contributed by atoms with Crippen LogP contribution in [0.4, 0.5) is 0 Å². The van der Waals surface area contributed by atoms with Crippen molar-refractivity contribution in [1.29, 1.82) is 0 Å². The second-order valence-corrected chi connectivity index (χ2v) is 5.68. The van der Waals surface area contributed by atoms with Crippen molar-refractivity contribution in [3.05, 3.63) is 70.8 Å². The molecule has 0 bridgehead atoms. The zero-order valence-electron chi connectivity index (χ0n) is 14.2. The maximum absolute atomic E-state index is 11.6. The third-order valence-electron chi connectivity index (χ3n) is 4.11. The summed E-state index contributed by atoms with van der Waals surface area (Å²) in [6.45, 7) is 1.83. The second-order valence-electron chi connectivity index (χ2n) is 5.68. The summed E-state index contributed by atoms with van der Waals surface area (Å²) in [4.78, 5) is 23.1. The van der Waals surface area contributed by atoms with Gasteiger partial charge in [0.2, 0.25) is 0 Å². The van der Waals surface area contributed by atoms with E-state index in [9.17, 15) is 9.59 Å². The molecule has 1 atom stereocenters. The Morgan fingerprint density at radius 3 is 2.12 bits per heavy atom. The average molecular weight is 326 g/mol. The van der Waals surface area contributed by atoms with E-state index in [1.165, 1.54) is 14.2 Å². The van der Waals surface area contributed by atoms with Gasteiger partial charge in [0.15, 0.2) is 0 Å². The molecule has 0 saturated carbocycles. The van der Waals surface area contributed by atoms with Crippen molar-refractivity contribution in [2.24, 2.45) is 0 Å². The average Bonchev–Trinajstić information content (AvgIpc) is 2.62. The summed E-state index contributed by atoms with van der Waals surface area (Å²) in [6, 6.07) is 15.7. The molecule has 0 fully saturated rings. The molecule has 0 heterocycles. The molecule has 0 amide bonds. The summed E-state index contributed by atoms with van der Waals surface area (Å²) >= 11 is 0. The molecule has 4 nitrogen and oxygen atoms in total. The molecule has 0 spiro atoms. The van der Waals surface area contributed by atoms with E-state index in [1.54, 1.807) is 0 Å². The number of ether oxygens (including phenoxy) is 2. The zero-order valence-corrected chi connectivity index (χ0v) is 14.2. The van der Waals surface area contributed by atoms with Crippen LogP contribution in [-0.2, 0) is 31.9 Å². The highest BCUT2D eigenvalue weighted by atomic mass is 16.5. The van der Waals surface area contributed by atoms with Crippen molar-refractivity contribution < 1.29 is 19.1 Å². The quantitative estimate of drug-likeness (QED) is 0.765. The molecule has 0 aliphatic carbocycles. The fourth-order valence-corrected chi connectivity index (χ4v) is 2.59. The largest absolute Gasteiger partial charge is 0.469 e. The van der Waals surface area contributed by atoms with Crippen LogP contribution in [0.15, 0.2) is 48.5 Å². The van der Waals surface area contributed by atoms with Crippen LogP contribution in [0.2, 0.25) is 0 Å². The molecular weight excluding hydrogens is 304 g/mol. The molecule has 2 aromatic carbocycles. The Morgan fingerprint density at radius 2 is 1.54 bits per heavy atom. The number of carbonyl (C=O) groups excluding carboxylic acids is 2. The summed E-state index contributed by atoms with van der Waals surface area (Å²) in [6.07, 6.45) is 0.990. The van der Waals surface area contributed by atoms with E-state index in [-0.39, 0.29) is 24.3 Å². The minimum absolute atomic E-state index is 0.244. The van der Waals surface area contributed by atoms with Gasteiger partial charge in [-0.1, -0.05) is 48.5 Å². The molecule has 126 valence electrons. The second kappa shape index (κ2) is 8.29. The van der Waals surface area contributed by atoms with E-state index in [0.29, 0.717) is 0 Å². The van der Waals surface area contributed by atoms with Gasteiger partial charge >= 0.3 is 11.9 Å². The highest BCUT2D eigenvalue weighted by Gasteiger charge is 2.15. The van der Waals surface area contributed by atoms with Crippen LogP contribution in [0.25, 0.3) is 0 Å². The van der Waals surface area contributed by atoms with Crippen LogP contribution < -0.4 is 0 Å². The smallest absolute Gasteiger partial charge is 0.312 e. The topological polar surface area (TPSA) is 52.6 Å². The van der Waals surface area contributed by atoms with Gasteiger partial charge in [-0.25, -0.2) is 0 Å². The van der Waals surface area contributed by atoms with E-state index in [4.69, 9.17) is 9.47 Å². The monoisotopic (exact) mass is 326 g/mol. The van der Waals surface area contributed by atoms with Crippen LogP contribution in [-0.4, -0.2) is 26.2 Å². The minimum Gasteiger partial charge on any atom is -0.469 e. The molecule has 0 radical (unpaired) electrons. The number of esters is 2. The number of benzene rings is 2. The van der Waals surface area contributed by atoms with Crippen LogP contribution in [0.1, 0.15) is 35.1 Å². The molecule has 0 aliphatic rings. The van der Waals surface area contributed by atoms with Gasteiger partial charge in [-0.15, -0.1) is 0 Å². The van der Waals surface area contributed by atoms with Gasteiger partial charge in [-0.2, -0.15) is 0 Å². The normalized spacial score (nSPS) is 11.6. The molecule has 2 aromatic rings. The third-order valence-corrected chi connectivity index (χ3v) is 4.11. The Balaban J connectivity index is 2.14. The molecule has 2 rings (SSSR count). The Bertz CT molecular complexity index is 704. The van der Waals surface area contributed by atoms with Gasteiger partial charge in [-0.3, -0.25) is 9.59 Å². The van der Waals surface area contributed by atoms with Gasteiger partial charge in [0.05, 0.1) is 26.6 Å². The SMILES string of the molecule is COC(=O)Cc1ccccc1Cc1ccc(C(C)C(=O)OC)cc1. The molecule has 0 aliphatic heterocycles. The third kappa shape index (κ3) is 4.44. The molecule has 0 saturated heterocycles. The fraction of sp³-hybridized carbons (Fsp3) is 0.300. The Kier molecular flexibility index (Phi) is 6.13. The molecule has 0 N–H and O–H groups in total. The molecule has 4 heteroatoms. The zero-order chi connectivity index (χ0) is 17.5. The van der Waals surface area contributed by atoms with Crippen molar-refractivity contribution >= 4 is 11.9 Å². The van der Waals surface area contributed by atoms with E-state index < -0.39 is 0 Å². The highest BCUT2D eigenvalue weighted by molar-refractivity contribution is 5.77. The summed E-state index contributed by atoms with van der Waals surface area (Å²) in [7, 11) is 2.79. The van der Waals surface area contributed by atoms with E-state index in [1.807, 2.05) is 55.5 Å². The van der Waals surface area contributed by atoms with Crippen molar-refractivity contribution in [1.82, 2.24) is 0 Å². The van der Waals surface area contributed by atoms with Gasteiger partial charge in [0.1, 0.15) is 0 Å². The first-order valence-electron chi connectivity index (χ1n) is 7.85. The molecule has 1 unspecified atom stereocenters. The lowest BCUT2D eigenvalue weighted by atomic mass is 9.95. The maximum atomic E-state index is 11.6. The van der Waals surface area contributed by atoms with Crippen LogP contribution in [0.5, 0.6) is 0 Å². The van der Waals surface area contributed by atoms with Crippen molar-refractivity contribution in [2.45, 2.75) is 25.7 Å². The minimum atomic E-state index is -0.282. The first-order valence-corrected chi connectivity index (χ1v) is 7.85. The summed E-state index contributed by atoms with van der Waals surface area (Å²) < 4.78 is 9.52. The van der Waals surface area contributed by atoms with Gasteiger partial charge in [-0.05, 0) is 35.6 Å². The maximum Gasteiger partial charge on any atom is 0.312 e. The predicted molar refractivity (Wildman–Crippen MR) is 91.8 cm³/mol. The molecule has 24 heavy (non-hydrogen) atoms. The first-order chi connectivity index (χ1) is 11.5. The van der Waals surface area contributed by atoms with Crippen LogP contribution >= 0.6 is 0 Å². The number of carbonyl (C=O) groups is 2. The van der Waals surface area contributed by atoms with E-state index in [0.717, 1.165) is 28.7 Å². The predicted octanol–water partition coefficient (Wildman–Crippen LogP) is 3.27. The van der Waals surface area contributed by atoms with Crippen LogP contribution in [0.3, 0.4) is 0 Å².